The largest absolute Gasteiger partial charge is 0.506 e. The van der Waals surface area contributed by atoms with Crippen molar-refractivity contribution >= 4 is 60.9 Å². The number of ether oxygens (including phenoxy) is 1. The van der Waals surface area contributed by atoms with Crippen LogP contribution in [-0.2, 0) is 9.53 Å². The Morgan fingerprint density at radius 2 is 1.78 bits per heavy atom. The van der Waals surface area contributed by atoms with E-state index in [1.54, 1.807) is 25.1 Å². The lowest BCUT2D eigenvalue weighted by atomic mass is 9.93. The number of phenols is 1. The van der Waals surface area contributed by atoms with Gasteiger partial charge in [0, 0.05) is 15.6 Å². The van der Waals surface area contributed by atoms with Gasteiger partial charge in [0.2, 0.25) is 0 Å². The maximum Gasteiger partial charge on any atom is 0.338 e. The molecule has 1 aromatic heterocycles. The molecule has 0 radical (unpaired) electrons. The van der Waals surface area contributed by atoms with E-state index >= 15 is 0 Å². The van der Waals surface area contributed by atoms with Gasteiger partial charge < -0.3 is 9.84 Å². The van der Waals surface area contributed by atoms with Crippen LogP contribution in [0.2, 0.25) is 0 Å². The zero-order valence-corrected chi connectivity index (χ0v) is 23.5. The lowest BCUT2D eigenvalue weighted by Crippen LogP contribution is -2.40. The standard InChI is InChI=1S/C28H20Br2N2O4S/c1-2-36-27(35)22-23(16-9-5-3-6-10-16)31-28-32(24(22)17-11-7-4-8-12-17)26(34)21(37-28)14-18-13-19(29)15-20(30)25(18)33/h3-15,24,33H,2H2,1H3/b21-14-/t24-/m1/s1. The molecule has 2 heterocycles. The number of halogens is 2. The third-order valence-electron chi connectivity index (χ3n) is 5.83. The minimum absolute atomic E-state index is 0.0193. The van der Waals surface area contributed by atoms with E-state index in [9.17, 15) is 14.7 Å². The number of benzene rings is 3. The molecule has 0 unspecified atom stereocenters. The van der Waals surface area contributed by atoms with Crippen LogP contribution in [0.15, 0.2) is 97.1 Å². The van der Waals surface area contributed by atoms with E-state index in [4.69, 9.17) is 9.73 Å². The number of aromatic nitrogens is 1. The van der Waals surface area contributed by atoms with E-state index in [2.05, 4.69) is 31.9 Å². The fourth-order valence-electron chi connectivity index (χ4n) is 4.23. The highest BCUT2D eigenvalue weighted by atomic mass is 79.9. The highest BCUT2D eigenvalue weighted by Crippen LogP contribution is 2.35. The Kier molecular flexibility index (Phi) is 7.28. The van der Waals surface area contributed by atoms with Crippen LogP contribution in [0.5, 0.6) is 5.75 Å². The number of fused-ring (bicyclic) bond motifs is 1. The minimum atomic E-state index is -0.739. The Hall–Kier alpha value is -3.27. The van der Waals surface area contributed by atoms with Crippen molar-refractivity contribution in [3.63, 3.8) is 0 Å². The normalized spacial score (nSPS) is 15.3. The second kappa shape index (κ2) is 10.6. The quantitative estimate of drug-likeness (QED) is 0.306. The van der Waals surface area contributed by atoms with Crippen molar-refractivity contribution in [1.82, 2.24) is 4.57 Å². The zero-order valence-electron chi connectivity index (χ0n) is 19.5. The first-order valence-corrected chi connectivity index (χ1v) is 13.8. The first kappa shape index (κ1) is 25.4. The second-order valence-electron chi connectivity index (χ2n) is 8.17. The van der Waals surface area contributed by atoms with Gasteiger partial charge in [-0.25, -0.2) is 9.79 Å². The Morgan fingerprint density at radius 1 is 1.11 bits per heavy atom. The van der Waals surface area contributed by atoms with Gasteiger partial charge in [0.15, 0.2) is 4.80 Å². The van der Waals surface area contributed by atoms with E-state index in [1.807, 2.05) is 60.7 Å². The van der Waals surface area contributed by atoms with Crippen LogP contribution in [0.25, 0.3) is 11.8 Å². The molecule has 0 amide bonds. The molecule has 0 bridgehead atoms. The number of aromatic hydroxyl groups is 1. The van der Waals surface area contributed by atoms with Gasteiger partial charge in [-0.1, -0.05) is 87.9 Å². The summed E-state index contributed by atoms with van der Waals surface area (Å²) in [5.74, 6) is -0.507. The first-order chi connectivity index (χ1) is 17.9. The van der Waals surface area contributed by atoms with Crippen LogP contribution in [0.3, 0.4) is 0 Å². The summed E-state index contributed by atoms with van der Waals surface area (Å²) in [6.45, 7) is 1.93. The summed E-state index contributed by atoms with van der Waals surface area (Å²) >= 11 is 7.97. The Labute approximate surface area is 233 Å². The third kappa shape index (κ3) is 4.86. The number of rotatable bonds is 5. The van der Waals surface area contributed by atoms with Gasteiger partial charge in [-0.3, -0.25) is 9.36 Å². The van der Waals surface area contributed by atoms with Crippen LogP contribution in [0, 0.1) is 0 Å². The lowest BCUT2D eigenvalue weighted by Gasteiger charge is -2.25. The number of thiazole rings is 1. The van der Waals surface area contributed by atoms with Crippen LogP contribution in [-0.4, -0.2) is 22.2 Å². The molecule has 0 spiro atoms. The number of phenolic OH excluding ortho intramolecular Hbond substituents is 1. The molecule has 0 saturated heterocycles. The summed E-state index contributed by atoms with van der Waals surface area (Å²) in [7, 11) is 0. The summed E-state index contributed by atoms with van der Waals surface area (Å²) in [6.07, 6.45) is 1.63. The summed E-state index contributed by atoms with van der Waals surface area (Å²) in [4.78, 5) is 32.5. The average Bonchev–Trinajstić information content (AvgIpc) is 3.21. The maximum absolute atomic E-state index is 13.9. The van der Waals surface area contributed by atoms with Gasteiger partial charge in [0.25, 0.3) is 5.56 Å². The van der Waals surface area contributed by atoms with Gasteiger partial charge in [-0.05, 0) is 46.6 Å². The summed E-state index contributed by atoms with van der Waals surface area (Å²) in [5.41, 5.74) is 2.42. The molecule has 0 saturated carbocycles. The summed E-state index contributed by atoms with van der Waals surface area (Å²) in [6, 6.07) is 21.5. The second-order valence-corrected chi connectivity index (χ2v) is 10.9. The highest BCUT2D eigenvalue weighted by molar-refractivity contribution is 9.11. The van der Waals surface area contributed by atoms with Gasteiger partial charge in [-0.15, -0.1) is 0 Å². The first-order valence-electron chi connectivity index (χ1n) is 11.4. The monoisotopic (exact) mass is 638 g/mol. The average molecular weight is 640 g/mol. The SMILES string of the molecule is CCOC(=O)C1=C(c2ccccc2)N=c2s/c(=C\c3cc(Br)cc(Br)c3O)c(=O)n2[C@@H]1c1ccccc1. The van der Waals surface area contributed by atoms with Crippen molar-refractivity contribution in [2.45, 2.75) is 13.0 Å². The topological polar surface area (TPSA) is 80.9 Å². The highest BCUT2D eigenvalue weighted by Gasteiger charge is 2.35. The smallest absolute Gasteiger partial charge is 0.338 e. The predicted octanol–water partition coefficient (Wildman–Crippen LogP) is 5.17. The molecule has 1 aliphatic heterocycles. The molecule has 3 aromatic carbocycles. The number of hydrogen-bond donors (Lipinski definition) is 1. The van der Waals surface area contributed by atoms with E-state index in [1.165, 1.54) is 15.9 Å². The van der Waals surface area contributed by atoms with Crippen LogP contribution in [0.4, 0.5) is 0 Å². The molecule has 6 nitrogen and oxygen atoms in total. The number of carbonyl (C=O) groups excluding carboxylic acids is 1. The molecule has 9 heteroatoms. The molecule has 37 heavy (non-hydrogen) atoms. The van der Waals surface area contributed by atoms with Crippen molar-refractivity contribution in [2.75, 3.05) is 6.61 Å². The minimum Gasteiger partial charge on any atom is -0.506 e. The summed E-state index contributed by atoms with van der Waals surface area (Å²) < 4.78 is 8.62. The number of nitrogens with zero attached hydrogens (tertiary/aromatic N) is 2. The van der Waals surface area contributed by atoms with Crippen molar-refractivity contribution in [1.29, 1.82) is 0 Å². The van der Waals surface area contributed by atoms with Crippen molar-refractivity contribution in [3.05, 3.63) is 124 Å². The fraction of sp³-hybridized carbons (Fsp3) is 0.107. The lowest BCUT2D eigenvalue weighted by molar-refractivity contribution is -0.138. The molecule has 1 aliphatic rings. The number of carbonyl (C=O) groups is 1. The van der Waals surface area contributed by atoms with Crippen LogP contribution >= 0.6 is 43.2 Å². The third-order valence-corrected chi connectivity index (χ3v) is 7.88. The van der Waals surface area contributed by atoms with Gasteiger partial charge in [0.05, 0.1) is 32.9 Å². The zero-order chi connectivity index (χ0) is 26.1. The van der Waals surface area contributed by atoms with Gasteiger partial charge in [0.1, 0.15) is 5.75 Å². The molecule has 186 valence electrons. The molecule has 1 N–H and O–H groups in total. The molecule has 4 aromatic rings. The van der Waals surface area contributed by atoms with Crippen molar-refractivity contribution in [3.8, 4) is 5.75 Å². The van der Waals surface area contributed by atoms with Gasteiger partial charge in [-0.2, -0.15) is 0 Å². The molecule has 0 aliphatic carbocycles. The van der Waals surface area contributed by atoms with E-state index < -0.39 is 12.0 Å². The molecular weight excluding hydrogens is 620 g/mol. The van der Waals surface area contributed by atoms with Crippen LogP contribution < -0.4 is 14.9 Å². The Bertz CT molecular complexity index is 1710. The molecule has 5 rings (SSSR count). The van der Waals surface area contributed by atoms with E-state index in [0.717, 1.165) is 15.6 Å². The Morgan fingerprint density at radius 3 is 2.46 bits per heavy atom. The Balaban J connectivity index is 1.84. The van der Waals surface area contributed by atoms with Crippen molar-refractivity contribution < 1.29 is 14.6 Å². The van der Waals surface area contributed by atoms with Crippen LogP contribution in [0.1, 0.15) is 29.7 Å². The van der Waals surface area contributed by atoms with E-state index in [0.29, 0.717) is 30.6 Å². The molecule has 1 atom stereocenters. The molecular formula is C28H20Br2N2O4S. The number of esters is 1. The predicted molar refractivity (Wildman–Crippen MR) is 151 cm³/mol. The van der Waals surface area contributed by atoms with Crippen molar-refractivity contribution in [2.24, 2.45) is 4.99 Å². The summed E-state index contributed by atoms with van der Waals surface area (Å²) in [5, 5.41) is 10.6. The fourth-order valence-corrected chi connectivity index (χ4v) is 6.48. The van der Waals surface area contributed by atoms with E-state index in [-0.39, 0.29) is 17.9 Å². The number of hydrogen-bond acceptors (Lipinski definition) is 6. The maximum atomic E-state index is 13.9. The molecule has 0 fully saturated rings. The van der Waals surface area contributed by atoms with Gasteiger partial charge >= 0.3 is 5.97 Å².